The summed E-state index contributed by atoms with van der Waals surface area (Å²) in [6, 6.07) is 0.167. The number of hydrogen-bond acceptors (Lipinski definition) is 3. The topological polar surface area (TPSA) is 67.0 Å². The summed E-state index contributed by atoms with van der Waals surface area (Å²) in [6.45, 7) is 1.22. The Labute approximate surface area is 69.1 Å². The van der Waals surface area contributed by atoms with Crippen molar-refractivity contribution in [3.05, 3.63) is 18.2 Å². The number of carbonyl (C=O) groups is 1. The van der Waals surface area contributed by atoms with Gasteiger partial charge in [0.05, 0.1) is 31.8 Å². The summed E-state index contributed by atoms with van der Waals surface area (Å²) in [5.74, 6) is -0.124. The minimum absolute atomic E-state index is 0.124. The molecule has 1 aliphatic rings. The summed E-state index contributed by atoms with van der Waals surface area (Å²) in [4.78, 5) is 17.7. The number of ether oxygens (including phenoxy) is 1. The van der Waals surface area contributed by atoms with Crippen LogP contribution in [0, 0.1) is 0 Å². The van der Waals surface area contributed by atoms with Crippen molar-refractivity contribution in [3.8, 4) is 0 Å². The Morgan fingerprint density at radius 1 is 1.75 bits per heavy atom. The summed E-state index contributed by atoms with van der Waals surface area (Å²) in [5, 5.41) is 2.78. The van der Waals surface area contributed by atoms with Crippen molar-refractivity contribution in [1.29, 1.82) is 0 Å². The number of hydrogen-bond donors (Lipinski definition) is 2. The van der Waals surface area contributed by atoms with Gasteiger partial charge in [0.25, 0.3) is 5.91 Å². The van der Waals surface area contributed by atoms with Crippen molar-refractivity contribution < 1.29 is 9.53 Å². The molecule has 0 spiro atoms. The van der Waals surface area contributed by atoms with Crippen molar-refractivity contribution >= 4 is 5.91 Å². The smallest absolute Gasteiger partial charge is 0.269 e. The first-order chi connectivity index (χ1) is 5.86. The van der Waals surface area contributed by atoms with Gasteiger partial charge in [0.2, 0.25) is 0 Å². The van der Waals surface area contributed by atoms with Crippen LogP contribution in [0.15, 0.2) is 12.5 Å². The number of rotatable bonds is 2. The molecule has 64 valence electrons. The number of imidazole rings is 1. The van der Waals surface area contributed by atoms with Gasteiger partial charge < -0.3 is 15.0 Å². The lowest BCUT2D eigenvalue weighted by atomic mass is 10.2. The predicted molar refractivity (Wildman–Crippen MR) is 40.7 cm³/mol. The first-order valence-electron chi connectivity index (χ1n) is 3.73. The van der Waals surface area contributed by atoms with Crippen LogP contribution in [0.3, 0.4) is 0 Å². The Kier molecular flexibility index (Phi) is 1.79. The van der Waals surface area contributed by atoms with E-state index in [0.717, 1.165) is 0 Å². The van der Waals surface area contributed by atoms with Crippen LogP contribution in [0.5, 0.6) is 0 Å². The molecule has 1 amide bonds. The zero-order chi connectivity index (χ0) is 8.39. The molecule has 2 heterocycles. The lowest BCUT2D eigenvalue weighted by Crippen LogP contribution is -2.48. The van der Waals surface area contributed by atoms with Gasteiger partial charge in [-0.2, -0.15) is 0 Å². The van der Waals surface area contributed by atoms with Crippen molar-refractivity contribution in [3.63, 3.8) is 0 Å². The fourth-order valence-electron chi connectivity index (χ4n) is 0.962. The maximum Gasteiger partial charge on any atom is 0.269 e. The van der Waals surface area contributed by atoms with Gasteiger partial charge in [-0.25, -0.2) is 4.98 Å². The summed E-state index contributed by atoms with van der Waals surface area (Å²) >= 11 is 0. The van der Waals surface area contributed by atoms with Gasteiger partial charge in [-0.1, -0.05) is 0 Å². The van der Waals surface area contributed by atoms with Gasteiger partial charge in [-0.05, 0) is 0 Å². The molecule has 1 saturated heterocycles. The number of nitrogens with zero attached hydrogens (tertiary/aromatic N) is 1. The van der Waals surface area contributed by atoms with Crippen LogP contribution < -0.4 is 5.32 Å². The zero-order valence-corrected chi connectivity index (χ0v) is 6.41. The maximum absolute atomic E-state index is 11.3. The highest BCUT2D eigenvalue weighted by molar-refractivity contribution is 5.92. The number of H-pyrrole nitrogens is 1. The van der Waals surface area contributed by atoms with Crippen LogP contribution in [-0.4, -0.2) is 35.1 Å². The predicted octanol–water partition coefficient (Wildman–Crippen LogP) is -0.462. The second kappa shape index (κ2) is 2.94. The van der Waals surface area contributed by atoms with Crippen LogP contribution in [0.1, 0.15) is 10.5 Å². The monoisotopic (exact) mass is 167 g/mol. The van der Waals surface area contributed by atoms with E-state index in [1.165, 1.54) is 12.5 Å². The molecule has 5 heteroatoms. The summed E-state index contributed by atoms with van der Waals surface area (Å²) in [7, 11) is 0. The van der Waals surface area contributed by atoms with Crippen molar-refractivity contribution in [1.82, 2.24) is 15.3 Å². The molecule has 12 heavy (non-hydrogen) atoms. The Morgan fingerprint density at radius 2 is 2.58 bits per heavy atom. The van der Waals surface area contributed by atoms with Crippen LogP contribution in [0.4, 0.5) is 0 Å². The standard InChI is InChI=1S/C7H9N3O2/c11-7(6-1-8-4-9-6)10-5-2-12-3-5/h1,4-5H,2-3H2,(H,8,9)(H,10,11). The van der Waals surface area contributed by atoms with Crippen molar-refractivity contribution in [2.75, 3.05) is 13.2 Å². The Balaban J connectivity index is 1.92. The molecule has 1 aromatic rings. The van der Waals surface area contributed by atoms with E-state index in [9.17, 15) is 4.79 Å². The molecule has 5 nitrogen and oxygen atoms in total. The maximum atomic E-state index is 11.3. The number of aromatic amines is 1. The third-order valence-electron chi connectivity index (χ3n) is 1.72. The molecule has 1 fully saturated rings. The average molecular weight is 167 g/mol. The molecule has 2 rings (SSSR count). The SMILES string of the molecule is O=C(NC1COC1)c1cnc[nH]1. The highest BCUT2D eigenvalue weighted by Crippen LogP contribution is 2.01. The summed E-state index contributed by atoms with van der Waals surface area (Å²) < 4.78 is 4.91. The van der Waals surface area contributed by atoms with Crippen LogP contribution in [0.25, 0.3) is 0 Å². The van der Waals surface area contributed by atoms with Gasteiger partial charge in [0.1, 0.15) is 5.69 Å². The third-order valence-corrected chi connectivity index (χ3v) is 1.72. The average Bonchev–Trinajstić information content (AvgIpc) is 2.47. The highest BCUT2D eigenvalue weighted by atomic mass is 16.5. The highest BCUT2D eigenvalue weighted by Gasteiger charge is 2.21. The Bertz CT molecular complexity index is 266. The van der Waals surface area contributed by atoms with E-state index in [1.54, 1.807) is 0 Å². The van der Waals surface area contributed by atoms with Gasteiger partial charge in [0.15, 0.2) is 0 Å². The van der Waals surface area contributed by atoms with E-state index in [4.69, 9.17) is 4.74 Å². The molecule has 0 aromatic carbocycles. The Hall–Kier alpha value is -1.36. The fraction of sp³-hybridized carbons (Fsp3) is 0.429. The molecule has 0 unspecified atom stereocenters. The zero-order valence-electron chi connectivity index (χ0n) is 6.41. The number of aromatic nitrogens is 2. The van der Waals surface area contributed by atoms with Crippen LogP contribution in [-0.2, 0) is 4.74 Å². The molecule has 1 aliphatic heterocycles. The molecule has 0 bridgehead atoms. The second-order valence-corrected chi connectivity index (χ2v) is 2.67. The van der Waals surface area contributed by atoms with Crippen LogP contribution in [0.2, 0.25) is 0 Å². The lowest BCUT2D eigenvalue weighted by Gasteiger charge is -2.26. The van der Waals surface area contributed by atoms with Gasteiger partial charge in [0, 0.05) is 0 Å². The van der Waals surface area contributed by atoms with E-state index in [2.05, 4.69) is 15.3 Å². The third kappa shape index (κ3) is 1.31. The van der Waals surface area contributed by atoms with E-state index >= 15 is 0 Å². The first kappa shape index (κ1) is 7.30. The van der Waals surface area contributed by atoms with E-state index < -0.39 is 0 Å². The lowest BCUT2D eigenvalue weighted by molar-refractivity contribution is -0.00354. The van der Waals surface area contributed by atoms with Crippen molar-refractivity contribution in [2.24, 2.45) is 0 Å². The van der Waals surface area contributed by atoms with E-state index in [0.29, 0.717) is 18.9 Å². The van der Waals surface area contributed by atoms with Gasteiger partial charge in [-0.15, -0.1) is 0 Å². The molecule has 0 atom stereocenters. The number of amides is 1. The molecule has 2 N–H and O–H groups in total. The molecular weight excluding hydrogens is 158 g/mol. The largest absolute Gasteiger partial charge is 0.377 e. The molecular formula is C7H9N3O2. The molecule has 0 aliphatic carbocycles. The first-order valence-corrected chi connectivity index (χ1v) is 3.73. The minimum Gasteiger partial charge on any atom is -0.377 e. The molecule has 0 saturated carbocycles. The van der Waals surface area contributed by atoms with E-state index in [1.807, 2.05) is 0 Å². The fourth-order valence-corrected chi connectivity index (χ4v) is 0.962. The summed E-state index contributed by atoms with van der Waals surface area (Å²) in [6.07, 6.45) is 2.97. The Morgan fingerprint density at radius 3 is 3.08 bits per heavy atom. The van der Waals surface area contributed by atoms with E-state index in [-0.39, 0.29) is 11.9 Å². The number of nitrogens with one attached hydrogen (secondary N) is 2. The second-order valence-electron chi connectivity index (χ2n) is 2.67. The quantitative estimate of drug-likeness (QED) is 0.626. The molecule has 1 aromatic heterocycles. The minimum atomic E-state index is -0.124. The summed E-state index contributed by atoms with van der Waals surface area (Å²) in [5.41, 5.74) is 0.488. The number of carbonyl (C=O) groups excluding carboxylic acids is 1. The molecule has 0 radical (unpaired) electrons. The van der Waals surface area contributed by atoms with Gasteiger partial charge in [-0.3, -0.25) is 4.79 Å². The van der Waals surface area contributed by atoms with Gasteiger partial charge >= 0.3 is 0 Å². The van der Waals surface area contributed by atoms with Crippen LogP contribution >= 0.6 is 0 Å². The normalized spacial score (nSPS) is 17.0. The van der Waals surface area contributed by atoms with Crippen molar-refractivity contribution in [2.45, 2.75) is 6.04 Å².